The SMILES string of the molecule is COc1ccc(C2Cn3nnc(C(=O)N4CCN(C(=O)c5cccc(F)c5)CC4)c3CO2)cc1. The van der Waals surface area contributed by atoms with Crippen LogP contribution in [0.1, 0.15) is 38.2 Å². The van der Waals surface area contributed by atoms with E-state index in [1.165, 1.54) is 18.2 Å². The van der Waals surface area contributed by atoms with Gasteiger partial charge in [-0.15, -0.1) is 5.10 Å². The maximum atomic E-state index is 13.5. The van der Waals surface area contributed by atoms with Gasteiger partial charge in [-0.2, -0.15) is 0 Å². The minimum atomic E-state index is -0.451. The van der Waals surface area contributed by atoms with E-state index in [0.717, 1.165) is 11.3 Å². The Morgan fingerprint density at radius 1 is 1.03 bits per heavy atom. The molecule has 2 aliphatic heterocycles. The number of piperazine rings is 1. The standard InChI is InChI=1S/C24H24FN5O4/c1-33-19-7-5-16(6-8-19)21-14-30-20(15-34-21)22(26-27-30)24(32)29-11-9-28(10-12-29)23(31)17-3-2-4-18(25)13-17/h2-8,13,21H,9-12,14-15H2,1H3. The molecule has 0 radical (unpaired) electrons. The van der Waals surface area contributed by atoms with Crippen LogP contribution in [-0.4, -0.2) is 69.9 Å². The fourth-order valence-electron chi connectivity index (χ4n) is 4.26. The zero-order chi connectivity index (χ0) is 23.7. The monoisotopic (exact) mass is 465 g/mol. The van der Waals surface area contributed by atoms with Crippen LogP contribution in [0.3, 0.4) is 0 Å². The number of aromatic nitrogens is 3. The second kappa shape index (κ2) is 9.22. The molecule has 5 rings (SSSR count). The van der Waals surface area contributed by atoms with E-state index in [1.54, 1.807) is 27.7 Å². The molecule has 1 saturated heterocycles. The molecule has 0 bridgehead atoms. The van der Waals surface area contributed by atoms with Crippen molar-refractivity contribution in [2.75, 3.05) is 33.3 Å². The first kappa shape index (κ1) is 22.0. The molecule has 1 aromatic heterocycles. The van der Waals surface area contributed by atoms with Crippen LogP contribution in [0.4, 0.5) is 4.39 Å². The van der Waals surface area contributed by atoms with E-state index in [1.807, 2.05) is 24.3 Å². The number of hydrogen-bond acceptors (Lipinski definition) is 6. The van der Waals surface area contributed by atoms with Gasteiger partial charge in [0.05, 0.1) is 26.0 Å². The van der Waals surface area contributed by atoms with Crippen LogP contribution in [0.2, 0.25) is 0 Å². The molecule has 0 saturated carbocycles. The summed E-state index contributed by atoms with van der Waals surface area (Å²) in [7, 11) is 1.62. The average Bonchev–Trinajstić information content (AvgIpc) is 3.31. The van der Waals surface area contributed by atoms with Crippen LogP contribution in [0, 0.1) is 5.82 Å². The summed E-state index contributed by atoms with van der Waals surface area (Å²) in [6.45, 7) is 2.13. The van der Waals surface area contributed by atoms with Crippen molar-refractivity contribution < 1.29 is 23.5 Å². The Balaban J connectivity index is 1.22. The van der Waals surface area contributed by atoms with Crippen molar-refractivity contribution in [3.63, 3.8) is 0 Å². The number of carbonyl (C=O) groups is 2. The number of halogens is 1. The van der Waals surface area contributed by atoms with E-state index >= 15 is 0 Å². The zero-order valence-electron chi connectivity index (χ0n) is 18.7. The molecule has 10 heteroatoms. The van der Waals surface area contributed by atoms with Gasteiger partial charge in [-0.25, -0.2) is 9.07 Å². The van der Waals surface area contributed by atoms with Crippen molar-refractivity contribution in [2.24, 2.45) is 0 Å². The van der Waals surface area contributed by atoms with E-state index in [4.69, 9.17) is 9.47 Å². The molecule has 2 aromatic carbocycles. The Bertz CT molecular complexity index is 1200. The minimum Gasteiger partial charge on any atom is -0.497 e. The topological polar surface area (TPSA) is 89.8 Å². The highest BCUT2D eigenvalue weighted by Crippen LogP contribution is 2.28. The zero-order valence-corrected chi connectivity index (χ0v) is 18.7. The fraction of sp³-hybridized carbons (Fsp3) is 0.333. The van der Waals surface area contributed by atoms with Gasteiger partial charge in [-0.3, -0.25) is 9.59 Å². The number of amides is 2. The van der Waals surface area contributed by atoms with Crippen LogP contribution < -0.4 is 4.74 Å². The molecule has 9 nitrogen and oxygen atoms in total. The third-order valence-electron chi connectivity index (χ3n) is 6.21. The third-order valence-corrected chi connectivity index (χ3v) is 6.21. The summed E-state index contributed by atoms with van der Waals surface area (Å²) in [6, 6.07) is 13.3. The Hall–Kier alpha value is -3.79. The Morgan fingerprint density at radius 3 is 2.41 bits per heavy atom. The van der Waals surface area contributed by atoms with Crippen LogP contribution >= 0.6 is 0 Å². The molecule has 3 aromatic rings. The number of benzene rings is 2. The summed E-state index contributed by atoms with van der Waals surface area (Å²) in [5, 5.41) is 8.33. The van der Waals surface area contributed by atoms with E-state index in [-0.39, 0.29) is 30.2 Å². The summed E-state index contributed by atoms with van der Waals surface area (Å²) in [5.41, 5.74) is 2.22. The van der Waals surface area contributed by atoms with Gasteiger partial charge in [0.1, 0.15) is 17.7 Å². The number of fused-ring (bicyclic) bond motifs is 1. The van der Waals surface area contributed by atoms with Crippen molar-refractivity contribution in [3.05, 3.63) is 76.9 Å². The molecular formula is C24H24FN5O4. The maximum absolute atomic E-state index is 13.5. The third kappa shape index (κ3) is 4.24. The number of hydrogen-bond donors (Lipinski definition) is 0. The number of ether oxygens (including phenoxy) is 2. The highest BCUT2D eigenvalue weighted by molar-refractivity contribution is 5.95. The lowest BCUT2D eigenvalue weighted by molar-refractivity contribution is -0.00204. The quantitative estimate of drug-likeness (QED) is 0.588. The molecule has 0 aliphatic carbocycles. The molecule has 1 atom stereocenters. The highest BCUT2D eigenvalue weighted by Gasteiger charge is 2.32. The first-order valence-electron chi connectivity index (χ1n) is 11.1. The molecule has 34 heavy (non-hydrogen) atoms. The van der Waals surface area contributed by atoms with Crippen molar-refractivity contribution in [1.29, 1.82) is 0 Å². The first-order chi connectivity index (χ1) is 16.5. The van der Waals surface area contributed by atoms with Crippen LogP contribution in [0.25, 0.3) is 0 Å². The maximum Gasteiger partial charge on any atom is 0.276 e. The lowest BCUT2D eigenvalue weighted by Gasteiger charge is -2.34. The van der Waals surface area contributed by atoms with E-state index in [2.05, 4.69) is 10.3 Å². The number of methoxy groups -OCH3 is 1. The molecule has 2 aliphatic rings. The average molecular weight is 465 g/mol. The fourth-order valence-corrected chi connectivity index (χ4v) is 4.26. The molecule has 1 fully saturated rings. The van der Waals surface area contributed by atoms with E-state index in [0.29, 0.717) is 44.0 Å². The lowest BCUT2D eigenvalue weighted by Crippen LogP contribution is -2.50. The van der Waals surface area contributed by atoms with Gasteiger partial charge < -0.3 is 19.3 Å². The summed E-state index contributed by atoms with van der Waals surface area (Å²) in [6.07, 6.45) is -0.194. The van der Waals surface area contributed by atoms with Gasteiger partial charge in [-0.1, -0.05) is 23.4 Å². The van der Waals surface area contributed by atoms with Crippen molar-refractivity contribution in [2.45, 2.75) is 19.3 Å². The number of nitrogens with zero attached hydrogens (tertiary/aromatic N) is 5. The lowest BCUT2D eigenvalue weighted by atomic mass is 10.1. The molecule has 176 valence electrons. The largest absolute Gasteiger partial charge is 0.497 e. The Kier molecular flexibility index (Phi) is 5.97. The molecule has 1 unspecified atom stereocenters. The molecule has 0 N–H and O–H groups in total. The summed E-state index contributed by atoms with van der Waals surface area (Å²) in [5.74, 6) is -0.156. The van der Waals surface area contributed by atoms with Gasteiger partial charge in [0.25, 0.3) is 11.8 Å². The molecule has 2 amide bonds. The van der Waals surface area contributed by atoms with Gasteiger partial charge in [-0.05, 0) is 35.9 Å². The van der Waals surface area contributed by atoms with Crippen molar-refractivity contribution in [3.8, 4) is 5.75 Å². The second-order valence-electron chi connectivity index (χ2n) is 8.23. The first-order valence-corrected chi connectivity index (χ1v) is 11.1. The van der Waals surface area contributed by atoms with Gasteiger partial charge >= 0.3 is 0 Å². The molecular weight excluding hydrogens is 441 g/mol. The predicted molar refractivity (Wildman–Crippen MR) is 119 cm³/mol. The van der Waals surface area contributed by atoms with Crippen LogP contribution in [-0.2, 0) is 17.9 Å². The number of rotatable bonds is 4. The minimum absolute atomic E-state index is 0.194. The van der Waals surface area contributed by atoms with E-state index in [9.17, 15) is 14.0 Å². The van der Waals surface area contributed by atoms with Crippen LogP contribution in [0.15, 0.2) is 48.5 Å². The highest BCUT2D eigenvalue weighted by atomic mass is 19.1. The summed E-state index contributed by atoms with van der Waals surface area (Å²) >= 11 is 0. The summed E-state index contributed by atoms with van der Waals surface area (Å²) in [4.78, 5) is 29.1. The predicted octanol–water partition coefficient (Wildman–Crippen LogP) is 2.30. The summed E-state index contributed by atoms with van der Waals surface area (Å²) < 4.78 is 26.4. The Labute approximate surface area is 195 Å². The Morgan fingerprint density at radius 2 is 1.74 bits per heavy atom. The van der Waals surface area contributed by atoms with Gasteiger partial charge in [0, 0.05) is 31.7 Å². The second-order valence-corrected chi connectivity index (χ2v) is 8.23. The van der Waals surface area contributed by atoms with Crippen LogP contribution in [0.5, 0.6) is 5.75 Å². The van der Waals surface area contributed by atoms with E-state index < -0.39 is 5.82 Å². The normalized spacial score (nSPS) is 17.9. The smallest absolute Gasteiger partial charge is 0.276 e. The van der Waals surface area contributed by atoms with Gasteiger partial charge in [0.15, 0.2) is 5.69 Å². The van der Waals surface area contributed by atoms with Crippen molar-refractivity contribution >= 4 is 11.8 Å². The van der Waals surface area contributed by atoms with Gasteiger partial charge in [0.2, 0.25) is 0 Å². The molecule has 3 heterocycles. The van der Waals surface area contributed by atoms with Crippen molar-refractivity contribution in [1.82, 2.24) is 24.8 Å². The number of carbonyl (C=O) groups excluding carboxylic acids is 2. The molecule has 0 spiro atoms.